The quantitative estimate of drug-likeness (QED) is 0.341. The van der Waals surface area contributed by atoms with Crippen molar-refractivity contribution in [2.24, 2.45) is 17.3 Å². The lowest BCUT2D eigenvalue weighted by Crippen LogP contribution is -2.68. The van der Waals surface area contributed by atoms with Gasteiger partial charge in [0.05, 0.1) is 25.6 Å². The number of nitrogens with zero attached hydrogens (tertiary/aromatic N) is 1. The minimum atomic E-state index is -3.31. The Morgan fingerprint density at radius 2 is 1.94 bits per heavy atom. The van der Waals surface area contributed by atoms with Gasteiger partial charge in [0.15, 0.2) is 0 Å². The molecule has 0 amide bonds. The molecule has 1 aromatic rings. The molecule has 1 saturated carbocycles. The van der Waals surface area contributed by atoms with Crippen LogP contribution in [-0.2, 0) is 21.4 Å². The summed E-state index contributed by atoms with van der Waals surface area (Å²) in [4.78, 5) is 0. The highest BCUT2D eigenvalue weighted by molar-refractivity contribution is 7.89. The highest BCUT2D eigenvalue weighted by Crippen LogP contribution is 2.51. The van der Waals surface area contributed by atoms with Crippen LogP contribution in [0.15, 0.2) is 24.3 Å². The second-order valence-corrected chi connectivity index (χ2v) is 19.9. The molecule has 3 fully saturated rings. The Kier molecular flexibility index (Phi) is 8.35. The molecule has 1 aromatic carbocycles. The number of nitrogens with one attached hydrogen (secondary N) is 1. The van der Waals surface area contributed by atoms with Crippen LogP contribution in [0.4, 0.5) is 0 Å². The summed E-state index contributed by atoms with van der Waals surface area (Å²) in [5, 5.41) is 14.2. The largest absolute Gasteiger partial charge is 0.497 e. The van der Waals surface area contributed by atoms with Gasteiger partial charge in [-0.15, -0.1) is 0 Å². The number of rotatable bonds is 11. The lowest BCUT2D eigenvalue weighted by molar-refractivity contribution is -0.0958. The number of ether oxygens (including phenoxy) is 2. The van der Waals surface area contributed by atoms with Crippen molar-refractivity contribution in [1.29, 1.82) is 0 Å². The van der Waals surface area contributed by atoms with Crippen LogP contribution in [0.25, 0.3) is 0 Å². The first kappa shape index (κ1) is 27.1. The van der Waals surface area contributed by atoms with Gasteiger partial charge in [0.1, 0.15) is 5.75 Å². The zero-order valence-electron chi connectivity index (χ0n) is 21.8. The van der Waals surface area contributed by atoms with Crippen molar-refractivity contribution in [3.8, 4) is 5.75 Å². The van der Waals surface area contributed by atoms with Crippen LogP contribution in [0, 0.1) is 17.3 Å². The van der Waals surface area contributed by atoms with Gasteiger partial charge in [-0.25, -0.2) is 12.7 Å². The van der Waals surface area contributed by atoms with Crippen LogP contribution in [0.3, 0.4) is 0 Å². The van der Waals surface area contributed by atoms with E-state index < -0.39 is 18.1 Å². The van der Waals surface area contributed by atoms with Crippen molar-refractivity contribution in [2.45, 2.75) is 70.1 Å². The summed E-state index contributed by atoms with van der Waals surface area (Å²) >= 11 is 0. The first-order valence-corrected chi connectivity index (χ1v) is 18.4. The molecule has 198 valence electrons. The summed E-state index contributed by atoms with van der Waals surface area (Å²) in [6, 6.07) is 8.85. The van der Waals surface area contributed by atoms with E-state index in [1.807, 2.05) is 24.3 Å². The summed E-state index contributed by atoms with van der Waals surface area (Å²) in [6.45, 7) is 9.83. The van der Waals surface area contributed by atoms with Crippen molar-refractivity contribution in [1.82, 2.24) is 9.62 Å². The molecule has 2 saturated heterocycles. The summed E-state index contributed by atoms with van der Waals surface area (Å²) in [5.74, 6) is 1.78. The second kappa shape index (κ2) is 10.8. The molecule has 0 radical (unpaired) electrons. The van der Waals surface area contributed by atoms with E-state index in [4.69, 9.17) is 9.47 Å². The fraction of sp³-hybridized carbons (Fsp3) is 0.769. The molecule has 2 aliphatic heterocycles. The molecule has 9 heteroatoms. The van der Waals surface area contributed by atoms with Crippen LogP contribution < -0.4 is 10.1 Å². The maximum Gasteiger partial charge on any atom is 0.213 e. The molecule has 0 spiro atoms. The third-order valence-corrected chi connectivity index (χ3v) is 12.3. The molecular weight excluding hydrogens is 480 g/mol. The summed E-state index contributed by atoms with van der Waals surface area (Å²) < 4.78 is 39.8. The lowest BCUT2D eigenvalue weighted by Gasteiger charge is -2.59. The molecule has 5 atom stereocenters. The number of fused-ring (bicyclic) bond motifs is 1. The first-order chi connectivity index (χ1) is 16.5. The van der Waals surface area contributed by atoms with E-state index in [9.17, 15) is 13.5 Å². The van der Waals surface area contributed by atoms with E-state index >= 15 is 0 Å². The molecule has 1 aliphatic carbocycles. The summed E-state index contributed by atoms with van der Waals surface area (Å²) in [6.07, 6.45) is 3.09. The van der Waals surface area contributed by atoms with Crippen molar-refractivity contribution in [3.05, 3.63) is 29.8 Å². The predicted octanol–water partition coefficient (Wildman–Crippen LogP) is 3.32. The van der Waals surface area contributed by atoms with Gasteiger partial charge >= 0.3 is 0 Å². The molecule has 7 nitrogen and oxygen atoms in total. The predicted molar refractivity (Wildman–Crippen MR) is 142 cm³/mol. The van der Waals surface area contributed by atoms with Crippen molar-refractivity contribution in [2.75, 3.05) is 39.1 Å². The maximum absolute atomic E-state index is 13.4. The Morgan fingerprint density at radius 1 is 1.20 bits per heavy atom. The van der Waals surface area contributed by atoms with E-state index in [-0.39, 0.29) is 29.2 Å². The second-order valence-electron chi connectivity index (χ2n) is 12.2. The fourth-order valence-electron chi connectivity index (χ4n) is 6.32. The van der Waals surface area contributed by atoms with Crippen LogP contribution >= 0.6 is 0 Å². The normalized spacial score (nSPS) is 31.3. The SMILES string of the molecule is COc1ccc(COCCC[C@@]23CN[C@H]4C[C@@H]2[C@H](C[C@@H]4O)CN(S(=O)(=O)CC[Si](C)(C)C)C3)cc1. The third kappa shape index (κ3) is 6.48. The minimum absolute atomic E-state index is 0.0880. The Hall–Kier alpha value is -0.973. The molecule has 0 aromatic heterocycles. The van der Waals surface area contributed by atoms with Gasteiger partial charge in [-0.05, 0) is 66.7 Å². The third-order valence-electron chi connectivity index (χ3n) is 8.41. The zero-order valence-corrected chi connectivity index (χ0v) is 23.6. The number of aliphatic hydroxyl groups excluding tert-OH is 1. The molecule has 0 unspecified atom stereocenters. The highest BCUT2D eigenvalue weighted by Gasteiger charge is 2.56. The van der Waals surface area contributed by atoms with Crippen LogP contribution in [0.2, 0.25) is 25.7 Å². The van der Waals surface area contributed by atoms with Gasteiger partial charge in [-0.3, -0.25) is 0 Å². The number of piperidine rings is 2. The zero-order chi connectivity index (χ0) is 25.3. The maximum atomic E-state index is 13.4. The Labute approximate surface area is 212 Å². The number of benzene rings is 1. The lowest BCUT2D eigenvalue weighted by atomic mass is 9.56. The number of aliphatic hydroxyl groups is 1. The summed E-state index contributed by atoms with van der Waals surface area (Å²) in [5.41, 5.74) is 1.03. The van der Waals surface area contributed by atoms with Gasteiger partial charge in [0.2, 0.25) is 10.0 Å². The fourth-order valence-corrected chi connectivity index (χ4v) is 10.9. The van der Waals surface area contributed by atoms with E-state index in [0.29, 0.717) is 38.6 Å². The average molecular weight is 525 g/mol. The van der Waals surface area contributed by atoms with E-state index in [0.717, 1.165) is 43.2 Å². The Bertz CT molecular complexity index is 951. The molecule has 2 bridgehead atoms. The average Bonchev–Trinajstić information content (AvgIpc) is 2.82. The van der Waals surface area contributed by atoms with E-state index in [1.54, 1.807) is 11.4 Å². The van der Waals surface area contributed by atoms with Crippen molar-refractivity contribution >= 4 is 18.1 Å². The highest BCUT2D eigenvalue weighted by atomic mass is 32.2. The number of hydrogen-bond donors (Lipinski definition) is 2. The molecule has 3 aliphatic rings. The first-order valence-electron chi connectivity index (χ1n) is 13.1. The van der Waals surface area contributed by atoms with Gasteiger partial charge in [-0.2, -0.15) is 0 Å². The van der Waals surface area contributed by atoms with E-state index in [1.165, 1.54) is 0 Å². The molecule has 4 rings (SSSR count). The molecular formula is C26H44N2O5SSi. The molecule has 2 heterocycles. The number of sulfonamides is 1. The van der Waals surface area contributed by atoms with Gasteiger partial charge in [0.25, 0.3) is 0 Å². The topological polar surface area (TPSA) is 88.1 Å². The standard InChI is InChI=1S/C26H44N2O5SSi/c1-32-22-8-6-20(7-9-22)17-33-11-5-10-26-18-27-24-15-23(26)21(14-25(24)29)16-28(19-26)34(30,31)12-13-35(2,3)4/h6-9,21,23-25,27,29H,5,10-19H2,1-4H3/t21-,23-,24+,25+,26+/m1/s1. The molecule has 2 N–H and O–H groups in total. The van der Waals surface area contributed by atoms with Gasteiger partial charge < -0.3 is 19.9 Å². The van der Waals surface area contributed by atoms with Crippen LogP contribution in [0.5, 0.6) is 5.75 Å². The Balaban J connectivity index is 1.40. The minimum Gasteiger partial charge on any atom is -0.497 e. The Morgan fingerprint density at radius 3 is 2.63 bits per heavy atom. The van der Waals surface area contributed by atoms with E-state index in [2.05, 4.69) is 25.0 Å². The summed E-state index contributed by atoms with van der Waals surface area (Å²) in [7, 11) is -3.10. The van der Waals surface area contributed by atoms with Gasteiger partial charge in [-0.1, -0.05) is 31.8 Å². The van der Waals surface area contributed by atoms with Crippen LogP contribution in [0.1, 0.15) is 31.2 Å². The van der Waals surface area contributed by atoms with Crippen molar-refractivity contribution < 1.29 is 23.0 Å². The monoisotopic (exact) mass is 524 g/mol. The van der Waals surface area contributed by atoms with Gasteiger partial charge in [0, 0.05) is 40.4 Å². The smallest absolute Gasteiger partial charge is 0.213 e. The molecule has 35 heavy (non-hydrogen) atoms. The van der Waals surface area contributed by atoms with Crippen LogP contribution in [-0.4, -0.2) is 77.2 Å². The number of methoxy groups -OCH3 is 1. The number of hydrogen-bond acceptors (Lipinski definition) is 6. The van der Waals surface area contributed by atoms with Crippen molar-refractivity contribution in [3.63, 3.8) is 0 Å².